The van der Waals surface area contributed by atoms with Crippen LogP contribution in [0.25, 0.3) is 0 Å². The molecule has 2 heterocycles. The molecule has 1 aromatic rings. The van der Waals surface area contributed by atoms with E-state index in [0.29, 0.717) is 6.42 Å². The van der Waals surface area contributed by atoms with Crippen molar-refractivity contribution in [2.45, 2.75) is 31.3 Å². The van der Waals surface area contributed by atoms with Crippen LogP contribution in [0.1, 0.15) is 19.3 Å². The third kappa shape index (κ3) is 2.41. The normalized spacial score (nSPS) is 28.5. The van der Waals surface area contributed by atoms with Crippen LogP contribution in [0.4, 0.5) is 5.69 Å². The van der Waals surface area contributed by atoms with Crippen molar-refractivity contribution >= 4 is 17.6 Å². The Morgan fingerprint density at radius 2 is 2.00 bits per heavy atom. The molecule has 0 aliphatic carbocycles. The van der Waals surface area contributed by atoms with Gasteiger partial charge in [0.1, 0.15) is 0 Å². The van der Waals surface area contributed by atoms with Crippen molar-refractivity contribution in [1.82, 2.24) is 4.90 Å². The highest BCUT2D eigenvalue weighted by atomic mass is 16.4. The average Bonchev–Trinajstić information content (AvgIpc) is 2.97. The van der Waals surface area contributed by atoms with Gasteiger partial charge in [-0.15, -0.1) is 0 Å². The van der Waals surface area contributed by atoms with E-state index >= 15 is 0 Å². The summed E-state index contributed by atoms with van der Waals surface area (Å²) in [6.45, 7) is 0.286. The van der Waals surface area contributed by atoms with Crippen molar-refractivity contribution in [1.29, 1.82) is 0 Å². The van der Waals surface area contributed by atoms with Crippen molar-refractivity contribution < 1.29 is 14.7 Å². The van der Waals surface area contributed by atoms with Crippen LogP contribution in [-0.4, -0.2) is 40.5 Å². The summed E-state index contributed by atoms with van der Waals surface area (Å²) in [4.78, 5) is 25.3. The molecule has 2 aliphatic rings. The summed E-state index contributed by atoms with van der Waals surface area (Å²) in [6, 6.07) is 9.60. The fraction of sp³-hybridized carbons (Fsp3) is 0.467. The molecular formula is C15H18N2O3. The van der Waals surface area contributed by atoms with Gasteiger partial charge in [-0.05, 0) is 31.4 Å². The van der Waals surface area contributed by atoms with Crippen molar-refractivity contribution in [3.8, 4) is 0 Å². The summed E-state index contributed by atoms with van der Waals surface area (Å²) >= 11 is 0. The van der Waals surface area contributed by atoms with E-state index in [1.54, 1.807) is 0 Å². The Morgan fingerprint density at radius 3 is 2.65 bits per heavy atom. The van der Waals surface area contributed by atoms with E-state index in [1.165, 1.54) is 0 Å². The molecule has 0 spiro atoms. The summed E-state index contributed by atoms with van der Waals surface area (Å²) in [6.07, 6.45) is 2.58. The first kappa shape index (κ1) is 13.1. The maximum Gasteiger partial charge on any atom is 0.308 e. The van der Waals surface area contributed by atoms with Crippen LogP contribution in [0.15, 0.2) is 30.3 Å². The third-order valence-corrected chi connectivity index (χ3v) is 4.38. The molecule has 5 nitrogen and oxygen atoms in total. The van der Waals surface area contributed by atoms with Crippen LogP contribution in [-0.2, 0) is 9.59 Å². The zero-order chi connectivity index (χ0) is 14.1. The second-order valence-electron chi connectivity index (χ2n) is 5.57. The van der Waals surface area contributed by atoms with Gasteiger partial charge >= 0.3 is 5.97 Å². The maximum atomic E-state index is 12.1. The maximum absolute atomic E-state index is 12.1. The Morgan fingerprint density at radius 1 is 1.25 bits per heavy atom. The number of nitrogens with zero attached hydrogens (tertiary/aromatic N) is 1. The average molecular weight is 274 g/mol. The summed E-state index contributed by atoms with van der Waals surface area (Å²) in [7, 11) is 0. The highest BCUT2D eigenvalue weighted by molar-refractivity contribution is 5.92. The van der Waals surface area contributed by atoms with E-state index in [0.717, 1.165) is 18.5 Å². The molecule has 1 aromatic carbocycles. The number of para-hydroxylation sites is 1. The SMILES string of the molecule is O=C(CN1C2CCC1C(C(=O)O)C2)Nc1ccccc1. The van der Waals surface area contributed by atoms with Crippen molar-refractivity contribution in [2.24, 2.45) is 5.92 Å². The first-order chi connectivity index (χ1) is 9.65. The number of hydrogen-bond donors (Lipinski definition) is 2. The molecule has 2 saturated heterocycles. The Labute approximate surface area is 117 Å². The predicted octanol–water partition coefficient (Wildman–Crippen LogP) is 1.56. The number of amides is 1. The minimum absolute atomic E-state index is 0.0269. The van der Waals surface area contributed by atoms with Gasteiger partial charge < -0.3 is 10.4 Å². The first-order valence-electron chi connectivity index (χ1n) is 6.98. The van der Waals surface area contributed by atoms with Gasteiger partial charge in [-0.25, -0.2) is 0 Å². The van der Waals surface area contributed by atoms with Crippen LogP contribution in [0.5, 0.6) is 0 Å². The summed E-state index contributed by atoms with van der Waals surface area (Å²) in [5, 5.41) is 12.0. The standard InChI is InChI=1S/C15H18N2O3/c18-14(16-10-4-2-1-3-5-10)9-17-11-6-7-13(17)12(8-11)15(19)20/h1-5,11-13H,6-9H2,(H,16,18)(H,19,20). The van der Waals surface area contributed by atoms with E-state index in [9.17, 15) is 14.7 Å². The topological polar surface area (TPSA) is 69.6 Å². The number of hydrogen-bond acceptors (Lipinski definition) is 3. The number of carboxylic acid groups (broad SMARTS) is 1. The Balaban J connectivity index is 1.61. The Hall–Kier alpha value is -1.88. The number of anilines is 1. The fourth-order valence-corrected chi connectivity index (χ4v) is 3.50. The lowest BCUT2D eigenvalue weighted by molar-refractivity contribution is -0.142. The zero-order valence-electron chi connectivity index (χ0n) is 11.2. The quantitative estimate of drug-likeness (QED) is 0.874. The van der Waals surface area contributed by atoms with Crippen LogP contribution >= 0.6 is 0 Å². The lowest BCUT2D eigenvalue weighted by Crippen LogP contribution is -2.38. The van der Waals surface area contributed by atoms with Crippen LogP contribution in [0.3, 0.4) is 0 Å². The van der Waals surface area contributed by atoms with Crippen molar-refractivity contribution in [3.63, 3.8) is 0 Å². The number of carbonyl (C=O) groups is 2. The van der Waals surface area contributed by atoms with Crippen LogP contribution < -0.4 is 5.32 Å². The van der Waals surface area contributed by atoms with Gasteiger partial charge in [0.05, 0.1) is 12.5 Å². The van der Waals surface area contributed by atoms with Gasteiger partial charge in [-0.1, -0.05) is 18.2 Å². The van der Waals surface area contributed by atoms with Gasteiger partial charge in [0.15, 0.2) is 0 Å². The molecule has 20 heavy (non-hydrogen) atoms. The molecule has 3 unspecified atom stereocenters. The van der Waals surface area contributed by atoms with E-state index < -0.39 is 5.97 Å². The largest absolute Gasteiger partial charge is 0.481 e. The second-order valence-corrected chi connectivity index (χ2v) is 5.57. The number of carboxylic acids is 1. The smallest absolute Gasteiger partial charge is 0.308 e. The molecule has 2 fully saturated rings. The lowest BCUT2D eigenvalue weighted by atomic mass is 9.89. The molecule has 0 saturated carbocycles. The summed E-state index contributed by atoms with van der Waals surface area (Å²) < 4.78 is 0. The highest BCUT2D eigenvalue weighted by Gasteiger charge is 2.49. The Bertz CT molecular complexity index is 517. The molecule has 1 amide bonds. The molecule has 5 heteroatoms. The molecule has 2 N–H and O–H groups in total. The minimum atomic E-state index is -0.731. The molecule has 2 aliphatic heterocycles. The first-order valence-corrected chi connectivity index (χ1v) is 6.98. The van der Waals surface area contributed by atoms with Gasteiger partial charge in [0, 0.05) is 17.8 Å². The number of benzene rings is 1. The van der Waals surface area contributed by atoms with E-state index in [1.807, 2.05) is 30.3 Å². The molecule has 106 valence electrons. The minimum Gasteiger partial charge on any atom is -0.481 e. The van der Waals surface area contributed by atoms with E-state index in [4.69, 9.17) is 0 Å². The monoisotopic (exact) mass is 274 g/mol. The Kier molecular flexibility index (Phi) is 3.44. The lowest BCUT2D eigenvalue weighted by Gasteiger charge is -2.21. The van der Waals surface area contributed by atoms with Gasteiger partial charge in [-0.3, -0.25) is 14.5 Å². The summed E-state index contributed by atoms with van der Waals surface area (Å²) in [5.41, 5.74) is 0.777. The number of nitrogens with one attached hydrogen (secondary N) is 1. The molecule has 2 bridgehead atoms. The van der Waals surface area contributed by atoms with Gasteiger partial charge in [-0.2, -0.15) is 0 Å². The third-order valence-electron chi connectivity index (χ3n) is 4.38. The van der Waals surface area contributed by atoms with Crippen molar-refractivity contribution in [2.75, 3.05) is 11.9 Å². The fourth-order valence-electron chi connectivity index (χ4n) is 3.50. The van der Waals surface area contributed by atoms with Crippen LogP contribution in [0, 0.1) is 5.92 Å². The summed E-state index contributed by atoms with van der Waals surface area (Å²) in [5.74, 6) is -1.11. The van der Waals surface area contributed by atoms with Gasteiger partial charge in [0.25, 0.3) is 0 Å². The number of fused-ring (bicyclic) bond motifs is 2. The molecule has 0 aromatic heterocycles. The predicted molar refractivity (Wildman–Crippen MR) is 74.3 cm³/mol. The molecule has 3 rings (SSSR count). The second kappa shape index (κ2) is 5.25. The van der Waals surface area contributed by atoms with Gasteiger partial charge in [0.2, 0.25) is 5.91 Å². The van der Waals surface area contributed by atoms with E-state index in [-0.39, 0.29) is 30.5 Å². The van der Waals surface area contributed by atoms with E-state index in [2.05, 4.69) is 10.2 Å². The highest BCUT2D eigenvalue weighted by Crippen LogP contribution is 2.41. The van der Waals surface area contributed by atoms with Crippen molar-refractivity contribution in [3.05, 3.63) is 30.3 Å². The number of rotatable bonds is 4. The zero-order valence-corrected chi connectivity index (χ0v) is 11.2. The molecule has 3 atom stereocenters. The number of aliphatic carboxylic acids is 1. The molecule has 0 radical (unpaired) electrons. The number of carbonyl (C=O) groups excluding carboxylic acids is 1. The van der Waals surface area contributed by atoms with Crippen LogP contribution in [0.2, 0.25) is 0 Å². The molecular weight excluding hydrogens is 256 g/mol.